The van der Waals surface area contributed by atoms with E-state index in [1.165, 1.54) is 16.7 Å². The van der Waals surface area contributed by atoms with E-state index in [2.05, 4.69) is 36.6 Å². The predicted molar refractivity (Wildman–Crippen MR) is 150 cm³/mol. The Morgan fingerprint density at radius 1 is 1.02 bits per heavy atom. The second kappa shape index (κ2) is 11.4. The van der Waals surface area contributed by atoms with Gasteiger partial charge < -0.3 is 29.7 Å². The van der Waals surface area contributed by atoms with Crippen molar-refractivity contribution in [2.45, 2.75) is 45.8 Å². The average Bonchev–Trinajstić information content (AvgIpc) is 3.17. The number of imidazole rings is 1. The minimum Gasteiger partial charge on any atom is -0.497 e. The van der Waals surface area contributed by atoms with E-state index in [9.17, 15) is 14.4 Å². The Balaban J connectivity index is 1.47. The Morgan fingerprint density at radius 3 is 2.58 bits per heavy atom. The summed E-state index contributed by atoms with van der Waals surface area (Å²) in [6.45, 7) is 6.78. The van der Waals surface area contributed by atoms with Gasteiger partial charge in [0.05, 0.1) is 31.4 Å². The fourth-order valence-electron chi connectivity index (χ4n) is 5.58. The highest BCUT2D eigenvalue weighted by molar-refractivity contribution is 5.98. The molecule has 2 aliphatic rings. The molecule has 0 bridgehead atoms. The second-order valence-electron chi connectivity index (χ2n) is 10.6. The van der Waals surface area contributed by atoms with Crippen LogP contribution in [-0.2, 0) is 24.3 Å². The van der Waals surface area contributed by atoms with E-state index in [4.69, 9.17) is 15.5 Å². The second-order valence-corrected chi connectivity index (χ2v) is 10.6. The molecule has 5 rings (SSSR count). The molecule has 210 valence electrons. The minimum atomic E-state index is -0.713. The maximum Gasteiger partial charge on any atom is 0.314 e. The number of nitrogens with zero attached hydrogens (tertiary/aromatic N) is 5. The highest BCUT2D eigenvalue weighted by atomic mass is 16.5. The number of nitrogens with two attached hydrogens (primary N) is 1. The molecule has 0 aliphatic carbocycles. The summed E-state index contributed by atoms with van der Waals surface area (Å²) in [6, 6.07) is 12.2. The van der Waals surface area contributed by atoms with Crippen LogP contribution >= 0.6 is 0 Å². The number of fused-ring (bicyclic) bond motifs is 1. The van der Waals surface area contributed by atoms with Gasteiger partial charge in [-0.15, -0.1) is 0 Å². The van der Waals surface area contributed by atoms with Crippen LogP contribution < -0.4 is 10.5 Å². The van der Waals surface area contributed by atoms with Crippen LogP contribution in [0.3, 0.4) is 0 Å². The molecule has 0 spiro atoms. The molecule has 1 unspecified atom stereocenters. The molecule has 10 heteroatoms. The summed E-state index contributed by atoms with van der Waals surface area (Å²) >= 11 is 0. The number of aryl methyl sites for hydroxylation is 2. The first-order chi connectivity index (χ1) is 19.2. The minimum absolute atomic E-state index is 0.141. The van der Waals surface area contributed by atoms with Gasteiger partial charge in [0.1, 0.15) is 11.8 Å². The number of ether oxygens (including phenoxy) is 1. The highest BCUT2D eigenvalue weighted by Crippen LogP contribution is 2.28. The number of carbonyl (C=O) groups is 3. The van der Waals surface area contributed by atoms with E-state index < -0.39 is 12.1 Å². The van der Waals surface area contributed by atoms with Gasteiger partial charge in [0.25, 0.3) is 5.91 Å². The Hall–Kier alpha value is -4.34. The summed E-state index contributed by atoms with van der Waals surface area (Å²) in [4.78, 5) is 49.3. The van der Waals surface area contributed by atoms with Crippen LogP contribution in [0.5, 0.6) is 5.75 Å². The largest absolute Gasteiger partial charge is 0.497 e. The van der Waals surface area contributed by atoms with Gasteiger partial charge in [-0.3, -0.25) is 9.59 Å². The molecule has 2 aromatic carbocycles. The zero-order chi connectivity index (χ0) is 28.4. The highest BCUT2D eigenvalue weighted by Gasteiger charge is 2.39. The SMILES string of the molecule is COc1cccc(C(=O)N2Cc3c(ncn3Cc3cc(C)ccc3C)CC2C(=O)N2CCCN(C(N)=O)CC2)c1. The van der Waals surface area contributed by atoms with Crippen LogP contribution in [0.15, 0.2) is 48.8 Å². The van der Waals surface area contributed by atoms with Crippen LogP contribution in [0.1, 0.15) is 44.9 Å². The molecule has 40 heavy (non-hydrogen) atoms. The number of carbonyl (C=O) groups excluding carboxylic acids is 3. The topological polar surface area (TPSA) is 114 Å². The smallest absolute Gasteiger partial charge is 0.314 e. The van der Waals surface area contributed by atoms with E-state index in [1.54, 1.807) is 46.1 Å². The summed E-state index contributed by atoms with van der Waals surface area (Å²) in [6.07, 6.45) is 2.75. The number of aromatic nitrogens is 2. The Bertz CT molecular complexity index is 1430. The summed E-state index contributed by atoms with van der Waals surface area (Å²) in [5.74, 6) is 0.193. The lowest BCUT2D eigenvalue weighted by Crippen LogP contribution is -2.54. The van der Waals surface area contributed by atoms with Gasteiger partial charge in [-0.25, -0.2) is 9.78 Å². The van der Waals surface area contributed by atoms with Crippen LogP contribution in [0, 0.1) is 13.8 Å². The normalized spacial score (nSPS) is 17.3. The first-order valence-electron chi connectivity index (χ1n) is 13.6. The molecule has 0 radical (unpaired) electrons. The van der Waals surface area contributed by atoms with Gasteiger partial charge in [-0.05, 0) is 49.6 Å². The average molecular weight is 545 g/mol. The summed E-state index contributed by atoms with van der Waals surface area (Å²) in [5.41, 5.74) is 11.3. The van der Waals surface area contributed by atoms with Crippen LogP contribution in [0.25, 0.3) is 0 Å². The third-order valence-corrected chi connectivity index (χ3v) is 7.94. The molecular weight excluding hydrogens is 508 g/mol. The number of urea groups is 1. The fraction of sp³-hybridized carbons (Fsp3) is 0.400. The van der Waals surface area contributed by atoms with Crippen molar-refractivity contribution in [2.75, 3.05) is 33.3 Å². The summed E-state index contributed by atoms with van der Waals surface area (Å²) < 4.78 is 7.44. The third-order valence-electron chi connectivity index (χ3n) is 7.94. The lowest BCUT2D eigenvalue weighted by molar-refractivity contribution is -0.136. The predicted octanol–water partition coefficient (Wildman–Crippen LogP) is 2.74. The Labute approximate surface area is 234 Å². The number of hydrogen-bond donors (Lipinski definition) is 1. The summed E-state index contributed by atoms with van der Waals surface area (Å²) in [7, 11) is 1.56. The number of primary amides is 1. The van der Waals surface area contributed by atoms with E-state index in [0.29, 0.717) is 56.9 Å². The molecule has 1 fully saturated rings. The molecule has 1 aromatic heterocycles. The van der Waals surface area contributed by atoms with Crippen molar-refractivity contribution < 1.29 is 19.1 Å². The Morgan fingerprint density at radius 2 is 1.80 bits per heavy atom. The first kappa shape index (κ1) is 27.2. The van der Waals surface area contributed by atoms with Crippen molar-refractivity contribution in [3.8, 4) is 5.75 Å². The first-order valence-corrected chi connectivity index (χ1v) is 13.6. The maximum absolute atomic E-state index is 14.0. The molecule has 3 aromatic rings. The van der Waals surface area contributed by atoms with Crippen LogP contribution in [0.4, 0.5) is 4.79 Å². The standard InChI is InChI=1S/C30H36N6O4/c1-20-8-9-21(2)23(14-20)17-35-19-32-25-16-26(29(38)33-10-5-11-34(13-12-33)30(31)39)36(18-27(25)35)28(37)22-6-4-7-24(15-22)40-3/h4,6-9,14-15,19,26H,5,10-13,16-18H2,1-3H3,(H2,31,39). The van der Waals surface area contributed by atoms with E-state index in [0.717, 1.165) is 11.4 Å². The van der Waals surface area contributed by atoms with Crippen molar-refractivity contribution in [1.82, 2.24) is 24.3 Å². The zero-order valence-electron chi connectivity index (χ0n) is 23.3. The van der Waals surface area contributed by atoms with Gasteiger partial charge in [0.2, 0.25) is 5.91 Å². The number of methoxy groups -OCH3 is 1. The van der Waals surface area contributed by atoms with Crippen molar-refractivity contribution in [3.05, 3.63) is 82.4 Å². The van der Waals surface area contributed by atoms with Crippen molar-refractivity contribution in [2.24, 2.45) is 5.73 Å². The maximum atomic E-state index is 14.0. The third kappa shape index (κ3) is 5.52. The van der Waals surface area contributed by atoms with Gasteiger partial charge >= 0.3 is 6.03 Å². The lowest BCUT2D eigenvalue weighted by atomic mass is 9.99. The monoisotopic (exact) mass is 544 g/mol. The van der Waals surface area contributed by atoms with Crippen molar-refractivity contribution in [1.29, 1.82) is 0 Å². The van der Waals surface area contributed by atoms with Gasteiger partial charge in [0, 0.05) is 44.7 Å². The van der Waals surface area contributed by atoms with E-state index in [1.807, 2.05) is 6.33 Å². The Kier molecular flexibility index (Phi) is 7.77. The molecule has 2 N–H and O–H groups in total. The molecule has 4 amide bonds. The van der Waals surface area contributed by atoms with Crippen molar-refractivity contribution >= 4 is 17.8 Å². The molecule has 1 saturated heterocycles. The van der Waals surface area contributed by atoms with Gasteiger partial charge in [0.15, 0.2) is 0 Å². The van der Waals surface area contributed by atoms with E-state index >= 15 is 0 Å². The molecule has 0 saturated carbocycles. The quantitative estimate of drug-likeness (QED) is 0.531. The van der Waals surface area contributed by atoms with Crippen molar-refractivity contribution in [3.63, 3.8) is 0 Å². The molecule has 1 atom stereocenters. The molecule has 10 nitrogen and oxygen atoms in total. The fourth-order valence-corrected chi connectivity index (χ4v) is 5.58. The van der Waals surface area contributed by atoms with Gasteiger partial charge in [-0.2, -0.15) is 0 Å². The number of benzene rings is 2. The van der Waals surface area contributed by atoms with Crippen LogP contribution in [-0.4, -0.2) is 81.4 Å². The number of rotatable bonds is 5. The number of amides is 4. The molecule has 3 heterocycles. The molecule has 2 aliphatic heterocycles. The molecular formula is C30H36N6O4. The summed E-state index contributed by atoms with van der Waals surface area (Å²) in [5, 5.41) is 0. The van der Waals surface area contributed by atoms with Gasteiger partial charge in [-0.1, -0.05) is 29.8 Å². The number of hydrogen-bond acceptors (Lipinski definition) is 5. The van der Waals surface area contributed by atoms with Crippen LogP contribution in [0.2, 0.25) is 0 Å². The lowest BCUT2D eigenvalue weighted by Gasteiger charge is -2.37. The zero-order valence-corrected chi connectivity index (χ0v) is 23.3. The van der Waals surface area contributed by atoms with E-state index in [-0.39, 0.29) is 18.4 Å².